The van der Waals surface area contributed by atoms with Crippen molar-refractivity contribution in [3.63, 3.8) is 0 Å². The minimum Gasteiger partial charge on any atom is -0.345 e. The lowest BCUT2D eigenvalue weighted by molar-refractivity contribution is 0.0884. The van der Waals surface area contributed by atoms with Crippen molar-refractivity contribution >= 4 is 17.5 Å². The molecule has 0 aliphatic heterocycles. The molecule has 1 saturated carbocycles. The molecule has 98 valence electrons. The summed E-state index contributed by atoms with van der Waals surface area (Å²) in [5.41, 5.74) is -0.0338. The number of rotatable bonds is 3. The van der Waals surface area contributed by atoms with Gasteiger partial charge in [0, 0.05) is 18.1 Å². The highest BCUT2D eigenvalue weighted by atomic mass is 35.5. The van der Waals surface area contributed by atoms with Crippen molar-refractivity contribution < 1.29 is 4.79 Å². The van der Waals surface area contributed by atoms with Gasteiger partial charge in [-0.3, -0.25) is 9.59 Å². The van der Waals surface area contributed by atoms with Crippen molar-refractivity contribution in [2.45, 2.75) is 37.6 Å². The summed E-state index contributed by atoms with van der Waals surface area (Å²) in [7, 11) is 0. The minimum absolute atomic E-state index is 0.172. The Morgan fingerprint density at radius 1 is 1.33 bits per heavy atom. The standard InChI is InChI=1S/C13H17ClN2O2/c14-9-13(6-2-1-3-7-13)16-12(18)10-4-5-11(17)15-8-10/h4-5,8H,1-3,6-7,9H2,(H,15,17)(H,16,18). The van der Waals surface area contributed by atoms with Crippen LogP contribution in [0.4, 0.5) is 0 Å². The van der Waals surface area contributed by atoms with Crippen LogP contribution >= 0.6 is 11.6 Å². The molecule has 1 fully saturated rings. The van der Waals surface area contributed by atoms with Gasteiger partial charge in [-0.05, 0) is 18.9 Å². The van der Waals surface area contributed by atoms with Gasteiger partial charge in [-0.25, -0.2) is 0 Å². The van der Waals surface area contributed by atoms with Crippen LogP contribution in [0.15, 0.2) is 23.1 Å². The van der Waals surface area contributed by atoms with E-state index in [2.05, 4.69) is 10.3 Å². The summed E-state index contributed by atoms with van der Waals surface area (Å²) in [5.74, 6) is 0.260. The van der Waals surface area contributed by atoms with E-state index >= 15 is 0 Å². The average molecular weight is 269 g/mol. The second kappa shape index (κ2) is 5.57. The Morgan fingerprint density at radius 2 is 2.06 bits per heavy atom. The molecule has 1 aromatic rings. The van der Waals surface area contributed by atoms with Gasteiger partial charge in [0.25, 0.3) is 5.91 Å². The van der Waals surface area contributed by atoms with Crippen LogP contribution in [0.3, 0.4) is 0 Å². The van der Waals surface area contributed by atoms with Crippen molar-refractivity contribution in [2.24, 2.45) is 0 Å². The number of hydrogen-bond acceptors (Lipinski definition) is 2. The first kappa shape index (κ1) is 13.1. The van der Waals surface area contributed by atoms with E-state index in [4.69, 9.17) is 11.6 Å². The van der Waals surface area contributed by atoms with Crippen molar-refractivity contribution in [3.8, 4) is 0 Å². The van der Waals surface area contributed by atoms with Gasteiger partial charge in [-0.1, -0.05) is 19.3 Å². The Labute approximate surface area is 111 Å². The maximum atomic E-state index is 12.1. The van der Waals surface area contributed by atoms with Crippen LogP contribution in [0.2, 0.25) is 0 Å². The molecule has 5 heteroatoms. The second-order valence-corrected chi connectivity index (χ2v) is 5.14. The predicted octanol–water partition coefficient (Wildman–Crippen LogP) is 2.05. The molecule has 0 aromatic carbocycles. The summed E-state index contributed by atoms with van der Waals surface area (Å²) >= 11 is 6.02. The first-order chi connectivity index (χ1) is 8.65. The fraction of sp³-hybridized carbons (Fsp3) is 0.538. The topological polar surface area (TPSA) is 62.0 Å². The van der Waals surface area contributed by atoms with Crippen molar-refractivity contribution in [3.05, 3.63) is 34.2 Å². The lowest BCUT2D eigenvalue weighted by Gasteiger charge is -2.36. The van der Waals surface area contributed by atoms with Gasteiger partial charge in [-0.2, -0.15) is 0 Å². The van der Waals surface area contributed by atoms with E-state index in [0.29, 0.717) is 11.4 Å². The van der Waals surface area contributed by atoms with Crippen LogP contribution in [-0.4, -0.2) is 22.3 Å². The molecule has 1 heterocycles. The van der Waals surface area contributed by atoms with E-state index in [1.54, 1.807) is 0 Å². The summed E-state index contributed by atoms with van der Waals surface area (Å²) in [6.07, 6.45) is 6.67. The molecule has 2 rings (SSSR count). The third-order valence-electron chi connectivity index (χ3n) is 3.49. The molecule has 0 unspecified atom stereocenters. The third-order valence-corrected chi connectivity index (χ3v) is 4.00. The maximum Gasteiger partial charge on any atom is 0.253 e. The van der Waals surface area contributed by atoms with E-state index < -0.39 is 0 Å². The number of amides is 1. The van der Waals surface area contributed by atoms with Gasteiger partial charge < -0.3 is 10.3 Å². The Balaban J connectivity index is 2.09. The monoisotopic (exact) mass is 268 g/mol. The van der Waals surface area contributed by atoms with Crippen molar-refractivity contribution in [1.82, 2.24) is 10.3 Å². The van der Waals surface area contributed by atoms with E-state index in [1.807, 2.05) is 0 Å². The zero-order valence-corrected chi connectivity index (χ0v) is 10.9. The van der Waals surface area contributed by atoms with Gasteiger partial charge in [0.1, 0.15) is 0 Å². The van der Waals surface area contributed by atoms with Crippen LogP contribution in [-0.2, 0) is 0 Å². The van der Waals surface area contributed by atoms with Crippen molar-refractivity contribution in [1.29, 1.82) is 0 Å². The number of alkyl halides is 1. The van der Waals surface area contributed by atoms with Gasteiger partial charge >= 0.3 is 0 Å². The summed E-state index contributed by atoms with van der Waals surface area (Å²) in [4.78, 5) is 25.5. The predicted molar refractivity (Wildman–Crippen MR) is 71.1 cm³/mol. The van der Waals surface area contributed by atoms with Crippen LogP contribution < -0.4 is 10.9 Å². The minimum atomic E-state index is -0.285. The number of hydrogen-bond donors (Lipinski definition) is 2. The largest absolute Gasteiger partial charge is 0.345 e. The van der Waals surface area contributed by atoms with Gasteiger partial charge in [-0.15, -0.1) is 11.6 Å². The zero-order chi connectivity index (χ0) is 13.0. The highest BCUT2D eigenvalue weighted by Gasteiger charge is 2.32. The summed E-state index contributed by atoms with van der Waals surface area (Å²) in [6.45, 7) is 0. The third kappa shape index (κ3) is 2.93. The van der Waals surface area contributed by atoms with Crippen LogP contribution in [0, 0.1) is 0 Å². The maximum absolute atomic E-state index is 12.1. The molecule has 1 aliphatic rings. The fourth-order valence-corrected chi connectivity index (χ4v) is 2.72. The van der Waals surface area contributed by atoms with Crippen LogP contribution in [0.25, 0.3) is 0 Å². The quantitative estimate of drug-likeness (QED) is 0.824. The lowest BCUT2D eigenvalue weighted by atomic mass is 9.83. The molecule has 1 amide bonds. The van der Waals surface area contributed by atoms with Crippen LogP contribution in [0.1, 0.15) is 42.5 Å². The Bertz CT molecular complexity index is 458. The van der Waals surface area contributed by atoms with Crippen molar-refractivity contribution in [2.75, 3.05) is 5.88 Å². The highest BCUT2D eigenvalue weighted by molar-refractivity contribution is 6.19. The number of carbonyl (C=O) groups is 1. The summed E-state index contributed by atoms with van der Waals surface area (Å²) < 4.78 is 0. The summed E-state index contributed by atoms with van der Waals surface area (Å²) in [6, 6.07) is 2.88. The van der Waals surface area contributed by atoms with E-state index in [9.17, 15) is 9.59 Å². The van der Waals surface area contributed by atoms with Gasteiger partial charge in [0.15, 0.2) is 0 Å². The Morgan fingerprint density at radius 3 is 2.61 bits per heavy atom. The molecule has 0 bridgehead atoms. The molecular formula is C13H17ClN2O2. The fourth-order valence-electron chi connectivity index (χ4n) is 2.39. The number of aromatic amines is 1. The lowest BCUT2D eigenvalue weighted by Crippen LogP contribution is -2.51. The smallest absolute Gasteiger partial charge is 0.253 e. The highest BCUT2D eigenvalue weighted by Crippen LogP contribution is 2.29. The number of halogens is 1. The molecule has 1 aromatic heterocycles. The van der Waals surface area contributed by atoms with E-state index in [-0.39, 0.29) is 17.0 Å². The molecule has 0 spiro atoms. The molecule has 4 nitrogen and oxygen atoms in total. The molecular weight excluding hydrogens is 252 g/mol. The van der Waals surface area contributed by atoms with E-state index in [1.165, 1.54) is 24.8 Å². The molecule has 0 saturated heterocycles. The first-order valence-corrected chi connectivity index (χ1v) is 6.76. The second-order valence-electron chi connectivity index (χ2n) is 4.87. The van der Waals surface area contributed by atoms with E-state index in [0.717, 1.165) is 25.7 Å². The molecule has 0 radical (unpaired) electrons. The number of H-pyrrole nitrogens is 1. The Kier molecular flexibility index (Phi) is 4.07. The summed E-state index contributed by atoms with van der Waals surface area (Å²) in [5, 5.41) is 3.02. The average Bonchev–Trinajstić information content (AvgIpc) is 2.40. The molecule has 0 atom stereocenters. The van der Waals surface area contributed by atoms with Gasteiger partial charge in [0.05, 0.1) is 11.1 Å². The molecule has 18 heavy (non-hydrogen) atoms. The number of carbonyl (C=O) groups excluding carboxylic acids is 1. The molecule has 2 N–H and O–H groups in total. The van der Waals surface area contributed by atoms with Crippen LogP contribution in [0.5, 0.6) is 0 Å². The Hall–Kier alpha value is -1.29. The number of aromatic nitrogens is 1. The first-order valence-electron chi connectivity index (χ1n) is 6.22. The normalized spacial score (nSPS) is 18.3. The number of nitrogens with one attached hydrogen (secondary N) is 2. The zero-order valence-electron chi connectivity index (χ0n) is 10.2. The number of pyridine rings is 1. The van der Waals surface area contributed by atoms with Gasteiger partial charge in [0.2, 0.25) is 5.56 Å². The SMILES string of the molecule is O=C(NC1(CCl)CCCCC1)c1ccc(=O)[nH]c1. The molecule has 1 aliphatic carbocycles.